The normalized spacial score (nSPS) is 21.8. The van der Waals surface area contributed by atoms with Crippen LogP contribution in [0, 0.1) is 5.41 Å². The molecule has 1 fully saturated rings. The first kappa shape index (κ1) is 16.3. The Balaban J connectivity index is 2.27. The monoisotopic (exact) mass is 292 g/mol. The van der Waals surface area contributed by atoms with E-state index in [1.165, 1.54) is 0 Å². The van der Waals surface area contributed by atoms with Crippen molar-refractivity contribution in [1.29, 1.82) is 0 Å². The lowest BCUT2D eigenvalue weighted by atomic mass is 9.68. The second-order valence-electron chi connectivity index (χ2n) is 6.81. The number of aliphatic hydroxyl groups excluding tert-OH is 1. The molecule has 3 nitrogen and oxygen atoms in total. The minimum atomic E-state index is -0.652. The van der Waals surface area contributed by atoms with Gasteiger partial charge in [0.15, 0.2) is 0 Å². The van der Waals surface area contributed by atoms with Crippen molar-refractivity contribution in [3.05, 3.63) is 29.8 Å². The molecule has 1 atom stereocenters. The Morgan fingerprint density at radius 3 is 2.33 bits per heavy atom. The third-order valence-corrected chi connectivity index (χ3v) is 4.87. The molecule has 0 spiro atoms. The maximum Gasteiger partial charge on any atom is 0.125 e. The van der Waals surface area contributed by atoms with Crippen LogP contribution in [0.3, 0.4) is 0 Å². The fraction of sp³-hybridized carbons (Fsp3) is 0.667. The summed E-state index contributed by atoms with van der Waals surface area (Å²) in [6.07, 6.45) is 3.22. The van der Waals surface area contributed by atoms with E-state index in [2.05, 4.69) is 13.8 Å². The molecule has 0 aliphatic heterocycles. The molecule has 1 aromatic rings. The molecule has 118 valence electrons. The van der Waals surface area contributed by atoms with Crippen LogP contribution < -0.4 is 4.74 Å². The standard InChI is InChI=1S/C18H28O3/c1-5-21-15-9-7-6-8-14(15)16(19)18(20-4)12-10-17(2,3)11-13-18/h6-9,16,19H,5,10-13H2,1-4H3. The summed E-state index contributed by atoms with van der Waals surface area (Å²) in [7, 11) is 1.71. The van der Waals surface area contributed by atoms with Crippen molar-refractivity contribution in [3.63, 3.8) is 0 Å². The molecule has 21 heavy (non-hydrogen) atoms. The van der Waals surface area contributed by atoms with Gasteiger partial charge in [0.1, 0.15) is 11.9 Å². The average Bonchev–Trinajstić information content (AvgIpc) is 2.48. The van der Waals surface area contributed by atoms with Crippen LogP contribution in [-0.2, 0) is 4.74 Å². The second kappa shape index (κ2) is 6.37. The van der Waals surface area contributed by atoms with Crippen LogP contribution in [-0.4, -0.2) is 24.4 Å². The number of benzene rings is 1. The fourth-order valence-electron chi connectivity index (χ4n) is 3.22. The molecular formula is C18H28O3. The van der Waals surface area contributed by atoms with Gasteiger partial charge in [0.2, 0.25) is 0 Å². The molecule has 1 unspecified atom stereocenters. The van der Waals surface area contributed by atoms with E-state index in [9.17, 15) is 5.11 Å². The van der Waals surface area contributed by atoms with E-state index in [0.717, 1.165) is 37.0 Å². The molecule has 0 heterocycles. The van der Waals surface area contributed by atoms with Gasteiger partial charge in [-0.25, -0.2) is 0 Å². The maximum absolute atomic E-state index is 11.0. The smallest absolute Gasteiger partial charge is 0.125 e. The van der Waals surface area contributed by atoms with Gasteiger partial charge in [-0.05, 0) is 44.1 Å². The SMILES string of the molecule is CCOc1ccccc1C(O)C1(OC)CCC(C)(C)CC1. The Hall–Kier alpha value is -1.06. The van der Waals surface area contributed by atoms with E-state index in [-0.39, 0.29) is 0 Å². The van der Waals surface area contributed by atoms with E-state index >= 15 is 0 Å². The minimum Gasteiger partial charge on any atom is -0.493 e. The summed E-state index contributed by atoms with van der Waals surface area (Å²) in [4.78, 5) is 0. The molecule has 0 bridgehead atoms. The number of rotatable bonds is 5. The van der Waals surface area contributed by atoms with Crippen molar-refractivity contribution in [2.45, 2.75) is 58.2 Å². The molecule has 0 aromatic heterocycles. The summed E-state index contributed by atoms with van der Waals surface area (Å²) in [5, 5.41) is 11.0. The Bertz CT molecular complexity index is 457. The molecule has 0 saturated heterocycles. The van der Waals surface area contributed by atoms with Crippen LogP contribution in [0.2, 0.25) is 0 Å². The molecule has 3 heteroatoms. The molecule has 1 N–H and O–H groups in total. The quantitative estimate of drug-likeness (QED) is 0.888. The van der Waals surface area contributed by atoms with Gasteiger partial charge in [0, 0.05) is 12.7 Å². The van der Waals surface area contributed by atoms with Crippen molar-refractivity contribution in [1.82, 2.24) is 0 Å². The van der Waals surface area contributed by atoms with Crippen molar-refractivity contribution >= 4 is 0 Å². The van der Waals surface area contributed by atoms with Crippen LogP contribution >= 0.6 is 0 Å². The molecule has 0 amide bonds. The van der Waals surface area contributed by atoms with Crippen molar-refractivity contribution in [3.8, 4) is 5.75 Å². The lowest BCUT2D eigenvalue weighted by Crippen LogP contribution is -2.44. The van der Waals surface area contributed by atoms with E-state index in [1.807, 2.05) is 31.2 Å². The first-order valence-corrected chi connectivity index (χ1v) is 7.89. The highest BCUT2D eigenvalue weighted by atomic mass is 16.5. The largest absolute Gasteiger partial charge is 0.493 e. The van der Waals surface area contributed by atoms with Crippen LogP contribution in [0.4, 0.5) is 0 Å². The van der Waals surface area contributed by atoms with Gasteiger partial charge in [-0.2, -0.15) is 0 Å². The highest BCUT2D eigenvalue weighted by Crippen LogP contribution is 2.48. The second-order valence-corrected chi connectivity index (χ2v) is 6.81. The van der Waals surface area contributed by atoms with Gasteiger partial charge >= 0.3 is 0 Å². The third-order valence-electron chi connectivity index (χ3n) is 4.87. The van der Waals surface area contributed by atoms with Gasteiger partial charge in [0.25, 0.3) is 0 Å². The summed E-state index contributed by atoms with van der Waals surface area (Å²) >= 11 is 0. The Labute approximate surface area is 128 Å². The fourth-order valence-corrected chi connectivity index (χ4v) is 3.22. The minimum absolute atomic E-state index is 0.335. The first-order chi connectivity index (χ1) is 9.94. The van der Waals surface area contributed by atoms with E-state index in [4.69, 9.17) is 9.47 Å². The highest BCUT2D eigenvalue weighted by Gasteiger charge is 2.45. The number of hydrogen-bond donors (Lipinski definition) is 1. The first-order valence-electron chi connectivity index (χ1n) is 7.89. The Morgan fingerprint density at radius 2 is 1.76 bits per heavy atom. The molecule has 0 radical (unpaired) electrons. The zero-order valence-electron chi connectivity index (χ0n) is 13.7. The molecule has 1 aliphatic carbocycles. The predicted molar refractivity (Wildman–Crippen MR) is 84.6 cm³/mol. The summed E-state index contributed by atoms with van der Waals surface area (Å²) < 4.78 is 11.5. The number of hydrogen-bond acceptors (Lipinski definition) is 3. The Morgan fingerprint density at radius 1 is 1.14 bits per heavy atom. The van der Waals surface area contributed by atoms with Crippen molar-refractivity contribution in [2.24, 2.45) is 5.41 Å². The lowest BCUT2D eigenvalue weighted by molar-refractivity contribution is -0.138. The zero-order chi connectivity index (χ0) is 15.5. The summed E-state index contributed by atoms with van der Waals surface area (Å²) in [6.45, 7) is 7.12. The number of ether oxygens (including phenoxy) is 2. The molecular weight excluding hydrogens is 264 g/mol. The van der Waals surface area contributed by atoms with Crippen LogP contribution in [0.5, 0.6) is 5.75 Å². The van der Waals surface area contributed by atoms with Gasteiger partial charge in [0.05, 0.1) is 12.2 Å². The number of methoxy groups -OCH3 is 1. The summed E-state index contributed by atoms with van der Waals surface area (Å²) in [6, 6.07) is 7.73. The van der Waals surface area contributed by atoms with Crippen LogP contribution in [0.25, 0.3) is 0 Å². The Kier molecular flexibility index (Phi) is 4.95. The third kappa shape index (κ3) is 3.41. The van der Waals surface area contributed by atoms with E-state index < -0.39 is 11.7 Å². The highest BCUT2D eigenvalue weighted by molar-refractivity contribution is 5.36. The molecule has 2 rings (SSSR count). The van der Waals surface area contributed by atoms with Gasteiger partial charge < -0.3 is 14.6 Å². The molecule has 1 aromatic carbocycles. The maximum atomic E-state index is 11.0. The van der Waals surface area contributed by atoms with Gasteiger partial charge in [-0.15, -0.1) is 0 Å². The zero-order valence-corrected chi connectivity index (χ0v) is 13.7. The molecule has 1 aliphatic rings. The number of aliphatic hydroxyl groups is 1. The van der Waals surface area contributed by atoms with E-state index in [1.54, 1.807) is 7.11 Å². The van der Waals surface area contributed by atoms with Crippen LogP contribution in [0.1, 0.15) is 58.1 Å². The lowest BCUT2D eigenvalue weighted by Gasteiger charge is -2.45. The van der Waals surface area contributed by atoms with Crippen molar-refractivity contribution < 1.29 is 14.6 Å². The summed E-state index contributed by atoms with van der Waals surface area (Å²) in [5.41, 5.74) is 0.671. The number of para-hydroxylation sites is 1. The average molecular weight is 292 g/mol. The van der Waals surface area contributed by atoms with E-state index in [0.29, 0.717) is 12.0 Å². The van der Waals surface area contributed by atoms with Gasteiger partial charge in [-0.1, -0.05) is 32.0 Å². The summed E-state index contributed by atoms with van der Waals surface area (Å²) in [5.74, 6) is 0.758. The topological polar surface area (TPSA) is 38.7 Å². The van der Waals surface area contributed by atoms with Crippen LogP contribution in [0.15, 0.2) is 24.3 Å². The molecule has 1 saturated carbocycles. The predicted octanol–water partition coefficient (Wildman–Crippen LogP) is 4.10. The van der Waals surface area contributed by atoms with Gasteiger partial charge in [-0.3, -0.25) is 0 Å². The van der Waals surface area contributed by atoms with Crippen molar-refractivity contribution in [2.75, 3.05) is 13.7 Å².